The van der Waals surface area contributed by atoms with E-state index in [0.29, 0.717) is 10.7 Å². The van der Waals surface area contributed by atoms with E-state index in [1.54, 1.807) is 31.3 Å². The summed E-state index contributed by atoms with van der Waals surface area (Å²) in [6.45, 7) is 5.88. The number of aliphatic imine (C=N–C) groups is 1. The number of aliphatic hydroxyl groups is 2. The van der Waals surface area contributed by atoms with E-state index in [1.165, 1.54) is 11.8 Å². The lowest BCUT2D eigenvalue weighted by molar-refractivity contribution is -0.117. The Morgan fingerprint density at radius 3 is 2.30 bits per heavy atom. The second-order valence-corrected chi connectivity index (χ2v) is 6.52. The van der Waals surface area contributed by atoms with Crippen LogP contribution in [0.1, 0.15) is 18.1 Å². The number of aryl methyl sites for hydroxylation is 1. The molecule has 0 fully saturated rings. The first kappa shape index (κ1) is 24.4. The van der Waals surface area contributed by atoms with Gasteiger partial charge in [0.15, 0.2) is 10.9 Å². The van der Waals surface area contributed by atoms with Crippen LogP contribution in [-0.4, -0.2) is 59.9 Å². The summed E-state index contributed by atoms with van der Waals surface area (Å²) < 4.78 is 0. The fourth-order valence-corrected chi connectivity index (χ4v) is 2.87. The van der Waals surface area contributed by atoms with Crippen LogP contribution >= 0.6 is 11.8 Å². The standard InChI is InChI=1S/C17H21N3O2S.CH4O.CH2O/c1-11-9-18-17(23-10-11)19-16(22)14(20(3)4)15(21)13-8-6-5-7-12(13)2;2*1-2/h5-9,21H,10H2,1-4H3,(H,18,19,22);2H,1H3;1H2/b15-14+;;. The van der Waals surface area contributed by atoms with Crippen LogP contribution in [-0.2, 0) is 9.59 Å². The number of amides is 1. The van der Waals surface area contributed by atoms with Crippen LogP contribution in [0, 0.1) is 6.92 Å². The van der Waals surface area contributed by atoms with Crippen molar-refractivity contribution in [2.75, 3.05) is 27.0 Å². The van der Waals surface area contributed by atoms with Crippen LogP contribution in [0.25, 0.3) is 5.76 Å². The first-order valence-corrected chi connectivity index (χ1v) is 8.96. The minimum atomic E-state index is -0.380. The fraction of sp³-hybridized carbons (Fsp3) is 0.316. The highest BCUT2D eigenvalue weighted by Gasteiger charge is 2.21. The van der Waals surface area contributed by atoms with E-state index in [4.69, 9.17) is 9.90 Å². The van der Waals surface area contributed by atoms with Gasteiger partial charge in [-0.1, -0.05) is 36.0 Å². The topological polar surface area (TPSA) is 102 Å². The summed E-state index contributed by atoms with van der Waals surface area (Å²) in [4.78, 5) is 26.4. The smallest absolute Gasteiger partial charge is 0.277 e. The fourth-order valence-electron chi connectivity index (χ4n) is 2.14. The van der Waals surface area contributed by atoms with Gasteiger partial charge in [0.05, 0.1) is 0 Å². The molecule has 7 nitrogen and oxygen atoms in total. The molecule has 0 aliphatic carbocycles. The van der Waals surface area contributed by atoms with E-state index in [1.807, 2.05) is 38.8 Å². The number of amidine groups is 1. The number of nitrogens with zero attached hydrogens (tertiary/aromatic N) is 2. The number of nitrogens with one attached hydrogen (secondary N) is 1. The minimum absolute atomic E-state index is 0.0428. The number of hydrogen-bond donors (Lipinski definition) is 3. The predicted molar refractivity (Wildman–Crippen MR) is 111 cm³/mol. The highest BCUT2D eigenvalue weighted by atomic mass is 32.2. The van der Waals surface area contributed by atoms with E-state index in [-0.39, 0.29) is 17.4 Å². The van der Waals surface area contributed by atoms with Crippen molar-refractivity contribution in [2.45, 2.75) is 13.8 Å². The summed E-state index contributed by atoms with van der Waals surface area (Å²) in [5.41, 5.74) is 2.90. The van der Waals surface area contributed by atoms with Crippen LogP contribution in [0.2, 0.25) is 0 Å². The van der Waals surface area contributed by atoms with E-state index in [0.717, 1.165) is 24.0 Å². The molecule has 1 aliphatic heterocycles. The maximum Gasteiger partial charge on any atom is 0.277 e. The third-order valence-corrected chi connectivity index (χ3v) is 4.43. The summed E-state index contributed by atoms with van der Waals surface area (Å²) in [5.74, 6) is 0.373. The van der Waals surface area contributed by atoms with Crippen molar-refractivity contribution in [3.63, 3.8) is 0 Å². The number of hydrogen-bond acceptors (Lipinski definition) is 7. The number of carbonyl (C=O) groups excluding carboxylic acids is 2. The van der Waals surface area contributed by atoms with E-state index < -0.39 is 0 Å². The summed E-state index contributed by atoms with van der Waals surface area (Å²) >= 11 is 1.47. The summed E-state index contributed by atoms with van der Waals surface area (Å²) in [6.07, 6.45) is 1.74. The lowest BCUT2D eigenvalue weighted by Gasteiger charge is -2.20. The molecule has 0 atom stereocenters. The van der Waals surface area contributed by atoms with Gasteiger partial charge in [-0.3, -0.25) is 10.1 Å². The molecule has 0 unspecified atom stereocenters. The molecular weight excluding hydrogens is 366 g/mol. The number of rotatable bonds is 3. The van der Waals surface area contributed by atoms with Gasteiger partial charge in [0.2, 0.25) is 0 Å². The van der Waals surface area contributed by atoms with Crippen molar-refractivity contribution in [3.05, 3.63) is 52.9 Å². The molecule has 8 heteroatoms. The minimum Gasteiger partial charge on any atom is -0.505 e. The number of aliphatic hydroxyl groups excluding tert-OH is 2. The van der Waals surface area contributed by atoms with Crippen LogP contribution in [0.5, 0.6) is 0 Å². The second-order valence-electron chi connectivity index (χ2n) is 5.56. The molecule has 1 aromatic carbocycles. The Labute approximate surface area is 164 Å². The van der Waals surface area contributed by atoms with Crippen LogP contribution in [0.15, 0.2) is 46.7 Å². The molecule has 27 heavy (non-hydrogen) atoms. The van der Waals surface area contributed by atoms with E-state index >= 15 is 0 Å². The van der Waals surface area contributed by atoms with Gasteiger partial charge >= 0.3 is 0 Å². The quantitative estimate of drug-likeness (QED) is 0.538. The van der Waals surface area contributed by atoms with Gasteiger partial charge in [-0.15, -0.1) is 0 Å². The van der Waals surface area contributed by atoms with E-state index in [9.17, 15) is 9.90 Å². The zero-order valence-electron chi connectivity index (χ0n) is 16.3. The Morgan fingerprint density at radius 2 is 1.81 bits per heavy atom. The molecule has 3 N–H and O–H groups in total. The van der Waals surface area contributed by atoms with Gasteiger partial charge in [0.25, 0.3) is 5.91 Å². The number of likely N-dealkylation sites (N-methyl/N-ethyl adjacent to an activating group) is 1. The molecule has 0 bridgehead atoms. The van der Waals surface area contributed by atoms with Crippen LogP contribution in [0.3, 0.4) is 0 Å². The first-order chi connectivity index (χ1) is 12.9. The van der Waals surface area contributed by atoms with E-state index in [2.05, 4.69) is 10.3 Å². The lowest BCUT2D eigenvalue weighted by Crippen LogP contribution is -2.35. The van der Waals surface area contributed by atoms with Crippen molar-refractivity contribution < 1.29 is 19.8 Å². The number of benzene rings is 1. The SMILES string of the molecule is C=O.CC1=CN=C(NC(=O)/C(=C(\O)c2ccccc2C)N(C)C)SC1.CO. The molecule has 1 heterocycles. The largest absolute Gasteiger partial charge is 0.505 e. The summed E-state index contributed by atoms with van der Waals surface area (Å²) in [6, 6.07) is 7.41. The van der Waals surface area contributed by atoms with Crippen molar-refractivity contribution in [2.24, 2.45) is 4.99 Å². The molecule has 148 valence electrons. The maximum atomic E-state index is 12.6. The molecule has 2 rings (SSSR count). The average molecular weight is 394 g/mol. The summed E-state index contributed by atoms with van der Waals surface area (Å²) in [7, 11) is 4.45. The zero-order valence-corrected chi connectivity index (χ0v) is 17.1. The maximum absolute atomic E-state index is 12.6. The van der Waals surface area contributed by atoms with Crippen molar-refractivity contribution >= 4 is 35.4 Å². The molecule has 1 aromatic rings. The lowest BCUT2D eigenvalue weighted by atomic mass is 10.1. The molecule has 1 aliphatic rings. The van der Waals surface area contributed by atoms with Crippen molar-refractivity contribution in [1.82, 2.24) is 10.2 Å². The Morgan fingerprint density at radius 1 is 1.22 bits per heavy atom. The highest BCUT2D eigenvalue weighted by Crippen LogP contribution is 2.22. The third kappa shape index (κ3) is 7.28. The van der Waals surface area contributed by atoms with Gasteiger partial charge in [-0.05, 0) is 25.0 Å². The second kappa shape index (κ2) is 12.7. The van der Waals surface area contributed by atoms with Crippen molar-refractivity contribution in [1.29, 1.82) is 0 Å². The molecule has 0 radical (unpaired) electrons. The van der Waals surface area contributed by atoms with Crippen LogP contribution < -0.4 is 5.32 Å². The molecule has 1 amide bonds. The zero-order chi connectivity index (χ0) is 21.0. The number of thioether (sulfide) groups is 1. The van der Waals surface area contributed by atoms with Crippen LogP contribution in [0.4, 0.5) is 0 Å². The Bertz CT molecular complexity index is 727. The van der Waals surface area contributed by atoms with Gasteiger partial charge in [0, 0.05) is 38.7 Å². The predicted octanol–water partition coefficient (Wildman–Crippen LogP) is 2.33. The van der Waals surface area contributed by atoms with Gasteiger partial charge in [-0.25, -0.2) is 4.99 Å². The monoisotopic (exact) mass is 393 g/mol. The molecule has 0 saturated heterocycles. The highest BCUT2D eigenvalue weighted by molar-refractivity contribution is 8.14. The van der Waals surface area contributed by atoms with Gasteiger partial charge in [-0.2, -0.15) is 0 Å². The molecule has 0 saturated carbocycles. The molecule has 0 aromatic heterocycles. The first-order valence-electron chi connectivity index (χ1n) is 7.98. The van der Waals surface area contributed by atoms with Crippen molar-refractivity contribution in [3.8, 4) is 0 Å². The molecule has 0 spiro atoms. The normalized spacial score (nSPS) is 13.4. The summed E-state index contributed by atoms with van der Waals surface area (Å²) in [5, 5.41) is 20.9. The Balaban J connectivity index is 0.00000158. The Hall–Kier alpha value is -2.58. The number of carbonyl (C=O) groups is 2. The average Bonchev–Trinajstić information content (AvgIpc) is 2.67. The van der Waals surface area contributed by atoms with Gasteiger partial charge < -0.3 is 19.9 Å². The molecular formula is C19H27N3O4S. The Kier molecular flexibility index (Phi) is 11.5. The van der Waals surface area contributed by atoms with Gasteiger partial charge in [0.1, 0.15) is 12.5 Å². The third-order valence-electron chi connectivity index (χ3n) is 3.35.